The maximum absolute atomic E-state index is 13.4. The smallest absolute Gasteiger partial charge is 0.421 e. The minimum atomic E-state index is -4.82. The first-order valence-corrected chi connectivity index (χ1v) is 10.7. The van der Waals surface area contributed by atoms with Crippen LogP contribution < -0.4 is 0 Å². The van der Waals surface area contributed by atoms with Gasteiger partial charge in [0, 0.05) is 23.6 Å². The van der Waals surface area contributed by atoms with Gasteiger partial charge >= 0.3 is 6.18 Å². The predicted octanol–water partition coefficient (Wildman–Crippen LogP) is 4.92. The number of benzene rings is 2. The molecule has 0 spiro atoms. The molecule has 0 radical (unpaired) electrons. The number of fused-ring (bicyclic) bond motifs is 4. The van der Waals surface area contributed by atoms with Crippen LogP contribution in [0.5, 0.6) is 5.75 Å². The fourth-order valence-electron chi connectivity index (χ4n) is 5.44. The summed E-state index contributed by atoms with van der Waals surface area (Å²) in [6.45, 7) is 7.65. The van der Waals surface area contributed by atoms with Gasteiger partial charge in [0.25, 0.3) is 5.91 Å². The van der Waals surface area contributed by atoms with Gasteiger partial charge in [0.15, 0.2) is 5.60 Å². The summed E-state index contributed by atoms with van der Waals surface area (Å²) in [6.07, 6.45) is -3.60. The third-order valence-corrected chi connectivity index (χ3v) is 8.13. The zero-order valence-corrected chi connectivity index (χ0v) is 18.6. The van der Waals surface area contributed by atoms with Gasteiger partial charge < -0.3 is 15.1 Å². The van der Waals surface area contributed by atoms with Gasteiger partial charge in [-0.2, -0.15) is 13.2 Å². The highest BCUT2D eigenvalue weighted by Crippen LogP contribution is 2.57. The molecule has 2 aromatic rings. The van der Waals surface area contributed by atoms with E-state index in [4.69, 9.17) is 0 Å². The second kappa shape index (κ2) is 6.98. The molecule has 4 nitrogen and oxygen atoms in total. The lowest BCUT2D eigenvalue weighted by Gasteiger charge is -2.60. The van der Waals surface area contributed by atoms with Crippen LogP contribution in [0.25, 0.3) is 0 Å². The Morgan fingerprint density at radius 1 is 1.09 bits per heavy atom. The Hall–Kier alpha value is -2.54. The Morgan fingerprint density at radius 3 is 2.31 bits per heavy atom. The van der Waals surface area contributed by atoms with Gasteiger partial charge in [-0.15, -0.1) is 0 Å². The van der Waals surface area contributed by atoms with E-state index in [-0.39, 0.29) is 39.7 Å². The zero-order valence-electron chi connectivity index (χ0n) is 18.6. The van der Waals surface area contributed by atoms with Crippen molar-refractivity contribution in [3.63, 3.8) is 0 Å². The van der Waals surface area contributed by atoms with Crippen molar-refractivity contribution in [3.05, 3.63) is 64.7 Å². The molecule has 2 aliphatic rings. The maximum Gasteiger partial charge on any atom is 0.421 e. The number of alkyl halides is 3. The summed E-state index contributed by atoms with van der Waals surface area (Å²) in [7, 11) is 0. The number of rotatable bonds is 2. The van der Waals surface area contributed by atoms with E-state index >= 15 is 0 Å². The first-order chi connectivity index (χ1) is 14.7. The fourth-order valence-corrected chi connectivity index (χ4v) is 5.44. The minimum absolute atomic E-state index is 0.174. The summed E-state index contributed by atoms with van der Waals surface area (Å²) < 4.78 is 39.4. The number of nitrogens with zero attached hydrogens (tertiary/aromatic N) is 1. The Morgan fingerprint density at radius 2 is 1.72 bits per heavy atom. The summed E-state index contributed by atoms with van der Waals surface area (Å²) in [5, 5.41) is 20.4. The van der Waals surface area contributed by atoms with Gasteiger partial charge in [-0.05, 0) is 60.1 Å². The van der Waals surface area contributed by atoms with E-state index in [1.807, 2.05) is 6.07 Å². The van der Waals surface area contributed by atoms with E-state index in [0.717, 1.165) is 23.3 Å². The molecule has 1 amide bonds. The molecule has 7 heteroatoms. The van der Waals surface area contributed by atoms with E-state index in [0.29, 0.717) is 26.3 Å². The molecule has 1 unspecified atom stereocenters. The first-order valence-electron chi connectivity index (χ1n) is 10.7. The Balaban J connectivity index is 1.68. The highest BCUT2D eigenvalue weighted by Gasteiger charge is 2.57. The minimum Gasteiger partial charge on any atom is -0.508 e. The molecule has 1 saturated heterocycles. The SMILES string of the molecule is CC(O)(c1ccc(C(=O)N2CC[C@@]3(C)c4cccc(O)c4C[C@@H]2C3(C)C)cc1)C(F)(F)F. The van der Waals surface area contributed by atoms with Crippen molar-refractivity contribution in [3.8, 4) is 5.75 Å². The predicted molar refractivity (Wildman–Crippen MR) is 114 cm³/mol. The Kier molecular flexibility index (Phi) is 4.94. The number of aliphatic hydroxyl groups is 1. The van der Waals surface area contributed by atoms with Gasteiger partial charge in [-0.25, -0.2) is 0 Å². The third kappa shape index (κ3) is 3.04. The van der Waals surface area contributed by atoms with Crippen LogP contribution in [-0.4, -0.2) is 39.8 Å². The average Bonchev–Trinajstić information content (AvgIpc) is 2.70. The number of phenols is 1. The van der Waals surface area contributed by atoms with Gasteiger partial charge in [-0.1, -0.05) is 45.0 Å². The molecule has 1 aliphatic heterocycles. The first kappa shape index (κ1) is 22.6. The summed E-state index contributed by atoms with van der Waals surface area (Å²) in [6, 6.07) is 10.4. The van der Waals surface area contributed by atoms with Gasteiger partial charge in [0.05, 0.1) is 0 Å². The van der Waals surface area contributed by atoms with Crippen LogP contribution in [0, 0.1) is 5.41 Å². The van der Waals surface area contributed by atoms with E-state index in [1.165, 1.54) is 12.1 Å². The molecular formula is C25H28F3NO3. The lowest BCUT2D eigenvalue weighted by Crippen LogP contribution is -2.64. The number of phenolic OH excluding ortho intramolecular Hbond substituents is 1. The number of carbonyl (C=O) groups excluding carboxylic acids is 1. The van der Waals surface area contributed by atoms with Crippen molar-refractivity contribution in [1.82, 2.24) is 4.90 Å². The number of hydrogen-bond donors (Lipinski definition) is 2. The van der Waals surface area contributed by atoms with Crippen molar-refractivity contribution in [2.45, 2.75) is 63.8 Å². The molecule has 1 fully saturated rings. The maximum atomic E-state index is 13.4. The van der Waals surface area contributed by atoms with Crippen LogP contribution in [0.2, 0.25) is 0 Å². The molecule has 1 heterocycles. The molecule has 4 rings (SSSR count). The molecule has 3 atom stereocenters. The van der Waals surface area contributed by atoms with E-state index < -0.39 is 11.8 Å². The summed E-state index contributed by atoms with van der Waals surface area (Å²) in [5.74, 6) is -0.0375. The molecule has 1 aliphatic carbocycles. The average molecular weight is 447 g/mol. The summed E-state index contributed by atoms with van der Waals surface area (Å²) in [4.78, 5) is 15.2. The van der Waals surface area contributed by atoms with Crippen molar-refractivity contribution in [2.24, 2.45) is 5.41 Å². The normalized spacial score (nSPS) is 26.2. The van der Waals surface area contributed by atoms with Crippen LogP contribution >= 0.6 is 0 Å². The van der Waals surface area contributed by atoms with Crippen LogP contribution in [0.3, 0.4) is 0 Å². The molecule has 2 N–H and O–H groups in total. The zero-order chi connectivity index (χ0) is 23.7. The standard InChI is InChI=1S/C25H28F3NO3/c1-22(2)20-14-17-18(6-5-7-19(17)30)23(22,3)12-13-29(20)21(31)15-8-10-16(11-9-15)24(4,32)25(26,27)28/h5-11,20,30,32H,12-14H2,1-4H3/t20-,23+,24?/m1/s1. The second-order valence-corrected chi connectivity index (χ2v) is 9.97. The van der Waals surface area contributed by atoms with E-state index in [1.54, 1.807) is 11.0 Å². The van der Waals surface area contributed by atoms with Crippen molar-refractivity contribution >= 4 is 5.91 Å². The lowest BCUT2D eigenvalue weighted by atomic mass is 9.51. The Labute approximate surface area is 185 Å². The molecule has 172 valence electrons. The number of halogens is 3. The molecular weight excluding hydrogens is 419 g/mol. The summed E-state index contributed by atoms with van der Waals surface area (Å²) >= 11 is 0. The van der Waals surface area contributed by atoms with Crippen LogP contribution in [-0.2, 0) is 17.4 Å². The number of likely N-dealkylation sites (tertiary alicyclic amines) is 1. The monoisotopic (exact) mass is 447 g/mol. The third-order valence-electron chi connectivity index (χ3n) is 8.13. The topological polar surface area (TPSA) is 60.8 Å². The van der Waals surface area contributed by atoms with Crippen molar-refractivity contribution < 1.29 is 28.2 Å². The van der Waals surface area contributed by atoms with Crippen LogP contribution in [0.15, 0.2) is 42.5 Å². The van der Waals surface area contributed by atoms with Gasteiger partial charge in [0.2, 0.25) is 0 Å². The van der Waals surface area contributed by atoms with Crippen molar-refractivity contribution in [1.29, 1.82) is 0 Å². The number of piperidine rings is 1. The second-order valence-electron chi connectivity index (χ2n) is 9.97. The van der Waals surface area contributed by atoms with Gasteiger partial charge in [0.1, 0.15) is 5.75 Å². The molecule has 32 heavy (non-hydrogen) atoms. The Bertz CT molecular complexity index is 1060. The molecule has 0 aromatic heterocycles. The van der Waals surface area contributed by atoms with Crippen LogP contribution in [0.4, 0.5) is 13.2 Å². The number of carbonyl (C=O) groups is 1. The summed E-state index contributed by atoms with van der Waals surface area (Å²) in [5.41, 5.74) is -1.57. The van der Waals surface area contributed by atoms with Gasteiger partial charge in [-0.3, -0.25) is 4.79 Å². The quantitative estimate of drug-likeness (QED) is 0.687. The molecule has 0 saturated carbocycles. The molecule has 2 aromatic carbocycles. The lowest BCUT2D eigenvalue weighted by molar-refractivity contribution is -0.258. The largest absolute Gasteiger partial charge is 0.508 e. The number of hydrogen-bond acceptors (Lipinski definition) is 3. The number of aromatic hydroxyl groups is 1. The highest BCUT2D eigenvalue weighted by molar-refractivity contribution is 5.94. The van der Waals surface area contributed by atoms with Crippen molar-refractivity contribution in [2.75, 3.05) is 6.54 Å². The van der Waals surface area contributed by atoms with E-state index in [2.05, 4.69) is 26.8 Å². The van der Waals surface area contributed by atoms with E-state index in [9.17, 15) is 28.2 Å². The highest BCUT2D eigenvalue weighted by atomic mass is 19.4. The van der Waals surface area contributed by atoms with Crippen LogP contribution in [0.1, 0.15) is 61.2 Å². The molecule has 2 bridgehead atoms. The number of amides is 1. The fraction of sp³-hybridized carbons (Fsp3) is 0.480.